The van der Waals surface area contributed by atoms with E-state index in [-0.39, 0.29) is 5.57 Å². The highest BCUT2D eigenvalue weighted by molar-refractivity contribution is 6.09. The third-order valence-corrected chi connectivity index (χ3v) is 3.36. The fourth-order valence-corrected chi connectivity index (χ4v) is 2.06. The van der Waals surface area contributed by atoms with Gasteiger partial charge in [-0.05, 0) is 42.8 Å². The van der Waals surface area contributed by atoms with Gasteiger partial charge < -0.3 is 14.8 Å². The number of hydrogen-bond acceptors (Lipinski definition) is 4. The van der Waals surface area contributed by atoms with Crippen molar-refractivity contribution in [3.63, 3.8) is 0 Å². The summed E-state index contributed by atoms with van der Waals surface area (Å²) in [5, 5.41) is 12.0. The van der Waals surface area contributed by atoms with E-state index in [4.69, 9.17) is 9.47 Å². The smallest absolute Gasteiger partial charge is 0.266 e. The van der Waals surface area contributed by atoms with Gasteiger partial charge in [0, 0.05) is 11.8 Å². The number of nitrogens with one attached hydrogen (secondary N) is 1. The Hall–Kier alpha value is -3.26. The Balaban J connectivity index is 2.26. The number of nitriles is 1. The first-order valence-electron chi connectivity index (χ1n) is 7.28. The normalized spacial score (nSPS) is 10.7. The Labute approximate surface area is 141 Å². The molecule has 0 fully saturated rings. The molecule has 5 heteroatoms. The van der Waals surface area contributed by atoms with Gasteiger partial charge in [-0.3, -0.25) is 4.79 Å². The maximum atomic E-state index is 12.3. The lowest BCUT2D eigenvalue weighted by Crippen LogP contribution is -2.13. The molecule has 2 aromatic carbocycles. The molecule has 24 heavy (non-hydrogen) atoms. The third kappa shape index (κ3) is 4.37. The van der Waals surface area contributed by atoms with Crippen LogP contribution in [0.1, 0.15) is 11.1 Å². The molecular weight excluding hydrogens is 304 g/mol. The van der Waals surface area contributed by atoms with Crippen LogP contribution in [0.25, 0.3) is 6.08 Å². The van der Waals surface area contributed by atoms with Crippen molar-refractivity contribution in [2.75, 3.05) is 19.5 Å². The maximum Gasteiger partial charge on any atom is 0.266 e. The van der Waals surface area contributed by atoms with E-state index in [1.54, 1.807) is 30.3 Å². The van der Waals surface area contributed by atoms with Crippen LogP contribution < -0.4 is 14.8 Å². The largest absolute Gasteiger partial charge is 0.497 e. The number of carbonyl (C=O) groups excluding carboxylic acids is 1. The van der Waals surface area contributed by atoms with E-state index in [1.165, 1.54) is 20.3 Å². The molecule has 0 saturated heterocycles. The Morgan fingerprint density at radius 2 is 1.67 bits per heavy atom. The molecular formula is C19H18N2O3. The van der Waals surface area contributed by atoms with Crippen LogP contribution >= 0.6 is 0 Å². The van der Waals surface area contributed by atoms with Crippen molar-refractivity contribution in [2.45, 2.75) is 6.92 Å². The van der Waals surface area contributed by atoms with E-state index in [0.717, 1.165) is 5.56 Å². The lowest BCUT2D eigenvalue weighted by molar-refractivity contribution is -0.112. The van der Waals surface area contributed by atoms with E-state index in [0.29, 0.717) is 22.7 Å². The highest BCUT2D eigenvalue weighted by Crippen LogP contribution is 2.24. The predicted molar refractivity (Wildman–Crippen MR) is 92.9 cm³/mol. The van der Waals surface area contributed by atoms with Gasteiger partial charge in [-0.1, -0.05) is 17.7 Å². The van der Waals surface area contributed by atoms with Crippen molar-refractivity contribution in [1.82, 2.24) is 0 Å². The monoisotopic (exact) mass is 322 g/mol. The van der Waals surface area contributed by atoms with E-state index in [1.807, 2.05) is 25.1 Å². The zero-order valence-corrected chi connectivity index (χ0v) is 13.8. The standard InChI is InChI=1S/C19H18N2O3/c1-13-4-6-16(7-5-13)21-19(22)15(12-20)8-14-9-17(23-2)11-18(10-14)24-3/h4-11H,1-3H3,(H,21,22)/b15-8+. The molecule has 0 heterocycles. The topological polar surface area (TPSA) is 71.3 Å². The molecule has 122 valence electrons. The lowest BCUT2D eigenvalue weighted by atomic mass is 10.1. The highest BCUT2D eigenvalue weighted by Gasteiger charge is 2.10. The predicted octanol–water partition coefficient (Wildman–Crippen LogP) is 3.56. The molecule has 2 aromatic rings. The van der Waals surface area contributed by atoms with Crippen molar-refractivity contribution in [3.8, 4) is 17.6 Å². The summed E-state index contributed by atoms with van der Waals surface area (Å²) in [6.45, 7) is 1.96. The fourth-order valence-electron chi connectivity index (χ4n) is 2.06. The van der Waals surface area contributed by atoms with Crippen molar-refractivity contribution >= 4 is 17.7 Å². The van der Waals surface area contributed by atoms with Crippen LogP contribution in [-0.2, 0) is 4.79 Å². The van der Waals surface area contributed by atoms with Gasteiger partial charge in [0.2, 0.25) is 0 Å². The molecule has 0 unspecified atom stereocenters. The second kappa shape index (κ2) is 7.84. The second-order valence-electron chi connectivity index (χ2n) is 5.14. The number of amides is 1. The first-order valence-corrected chi connectivity index (χ1v) is 7.28. The van der Waals surface area contributed by atoms with Gasteiger partial charge in [0.05, 0.1) is 14.2 Å². The van der Waals surface area contributed by atoms with E-state index >= 15 is 0 Å². The average Bonchev–Trinajstić information content (AvgIpc) is 2.61. The minimum atomic E-state index is -0.469. The van der Waals surface area contributed by atoms with Crippen LogP contribution in [0.15, 0.2) is 48.0 Å². The number of hydrogen-bond donors (Lipinski definition) is 1. The maximum absolute atomic E-state index is 12.3. The zero-order chi connectivity index (χ0) is 17.5. The molecule has 5 nitrogen and oxygen atoms in total. The summed E-state index contributed by atoms with van der Waals surface area (Å²) < 4.78 is 10.4. The Morgan fingerprint density at radius 1 is 1.08 bits per heavy atom. The number of carbonyl (C=O) groups is 1. The van der Waals surface area contributed by atoms with Gasteiger partial charge in [-0.2, -0.15) is 5.26 Å². The average molecular weight is 322 g/mol. The van der Waals surface area contributed by atoms with Crippen molar-refractivity contribution in [1.29, 1.82) is 5.26 Å². The zero-order valence-electron chi connectivity index (χ0n) is 13.8. The van der Waals surface area contributed by atoms with Gasteiger partial charge in [0.15, 0.2) is 0 Å². The number of anilines is 1. The summed E-state index contributed by atoms with van der Waals surface area (Å²) >= 11 is 0. The quantitative estimate of drug-likeness (QED) is 0.675. The summed E-state index contributed by atoms with van der Waals surface area (Å²) in [6, 6.07) is 14.4. The van der Waals surface area contributed by atoms with Crippen molar-refractivity contribution in [2.24, 2.45) is 0 Å². The van der Waals surface area contributed by atoms with E-state index in [2.05, 4.69) is 5.32 Å². The summed E-state index contributed by atoms with van der Waals surface area (Å²) in [6.07, 6.45) is 1.49. The Bertz CT molecular complexity index is 780. The summed E-state index contributed by atoms with van der Waals surface area (Å²) in [5.74, 6) is 0.691. The summed E-state index contributed by atoms with van der Waals surface area (Å²) in [5.41, 5.74) is 2.36. The molecule has 0 aliphatic carbocycles. The first kappa shape index (κ1) is 17.1. The number of aryl methyl sites for hydroxylation is 1. The number of methoxy groups -OCH3 is 2. The van der Waals surface area contributed by atoms with Crippen molar-refractivity contribution < 1.29 is 14.3 Å². The fraction of sp³-hybridized carbons (Fsp3) is 0.158. The molecule has 0 aliphatic heterocycles. The van der Waals surface area contributed by atoms with Gasteiger partial charge in [-0.25, -0.2) is 0 Å². The molecule has 1 amide bonds. The van der Waals surface area contributed by atoms with Gasteiger partial charge in [0.1, 0.15) is 23.1 Å². The Morgan fingerprint density at radius 3 is 2.17 bits per heavy atom. The highest BCUT2D eigenvalue weighted by atomic mass is 16.5. The molecule has 1 N–H and O–H groups in total. The SMILES string of the molecule is COc1cc(/C=C(\C#N)C(=O)Nc2ccc(C)cc2)cc(OC)c1. The molecule has 0 radical (unpaired) electrons. The number of nitrogens with zero attached hydrogens (tertiary/aromatic N) is 1. The van der Waals surface area contributed by atoms with Crippen LogP contribution in [0.3, 0.4) is 0 Å². The molecule has 0 atom stereocenters. The number of benzene rings is 2. The minimum Gasteiger partial charge on any atom is -0.497 e. The number of ether oxygens (including phenoxy) is 2. The van der Waals surface area contributed by atoms with E-state index in [9.17, 15) is 10.1 Å². The van der Waals surface area contributed by atoms with Crippen LogP contribution in [0, 0.1) is 18.3 Å². The van der Waals surface area contributed by atoms with E-state index < -0.39 is 5.91 Å². The molecule has 0 saturated carbocycles. The summed E-state index contributed by atoms with van der Waals surface area (Å²) in [4.78, 5) is 12.3. The van der Waals surface area contributed by atoms with Gasteiger partial charge in [0.25, 0.3) is 5.91 Å². The van der Waals surface area contributed by atoms with Crippen LogP contribution in [-0.4, -0.2) is 20.1 Å². The third-order valence-electron chi connectivity index (χ3n) is 3.36. The lowest BCUT2D eigenvalue weighted by Gasteiger charge is -2.07. The van der Waals surface area contributed by atoms with Gasteiger partial charge in [-0.15, -0.1) is 0 Å². The molecule has 0 bridgehead atoms. The molecule has 2 rings (SSSR count). The first-order chi connectivity index (χ1) is 11.5. The molecule has 0 aromatic heterocycles. The van der Waals surface area contributed by atoms with Crippen molar-refractivity contribution in [3.05, 3.63) is 59.2 Å². The van der Waals surface area contributed by atoms with Gasteiger partial charge >= 0.3 is 0 Å². The molecule has 0 aliphatic rings. The van der Waals surface area contributed by atoms with Crippen LogP contribution in [0.2, 0.25) is 0 Å². The van der Waals surface area contributed by atoms with Crippen LogP contribution in [0.5, 0.6) is 11.5 Å². The second-order valence-corrected chi connectivity index (χ2v) is 5.14. The van der Waals surface area contributed by atoms with Crippen LogP contribution in [0.4, 0.5) is 5.69 Å². The Kier molecular flexibility index (Phi) is 5.58. The number of rotatable bonds is 5. The molecule has 0 spiro atoms. The summed E-state index contributed by atoms with van der Waals surface area (Å²) in [7, 11) is 3.08. The minimum absolute atomic E-state index is 0.00844.